The molecule has 1 atom stereocenters. The van der Waals surface area contributed by atoms with E-state index in [-0.39, 0.29) is 6.04 Å². The summed E-state index contributed by atoms with van der Waals surface area (Å²) < 4.78 is 1.09. The summed E-state index contributed by atoms with van der Waals surface area (Å²) in [6, 6.07) is 8.28. The molecule has 1 aromatic carbocycles. The molecule has 1 aliphatic rings. The maximum absolute atomic E-state index is 6.25. The highest BCUT2D eigenvalue weighted by atomic mass is 79.9. The monoisotopic (exact) mass is 322 g/mol. The van der Waals surface area contributed by atoms with Crippen LogP contribution in [-0.4, -0.2) is 4.98 Å². The average Bonchev–Trinajstić information content (AvgIpc) is 2.90. The van der Waals surface area contributed by atoms with Crippen LogP contribution in [0, 0.1) is 0 Å². The van der Waals surface area contributed by atoms with Crippen molar-refractivity contribution >= 4 is 27.3 Å². The van der Waals surface area contributed by atoms with E-state index in [4.69, 9.17) is 10.7 Å². The molecule has 0 amide bonds. The van der Waals surface area contributed by atoms with Gasteiger partial charge in [-0.1, -0.05) is 28.1 Å². The molecule has 2 nitrogen and oxygen atoms in total. The molecule has 0 radical (unpaired) electrons. The van der Waals surface area contributed by atoms with E-state index in [9.17, 15) is 0 Å². The molecule has 18 heavy (non-hydrogen) atoms. The number of benzene rings is 1. The Balaban J connectivity index is 1.73. The van der Waals surface area contributed by atoms with Crippen LogP contribution in [0.4, 0.5) is 0 Å². The Bertz CT molecular complexity index is 526. The maximum Gasteiger partial charge on any atom is 0.0950 e. The Hall–Kier alpha value is -0.710. The number of thiazole rings is 1. The quantitative estimate of drug-likeness (QED) is 0.937. The molecule has 0 bridgehead atoms. The molecule has 1 aromatic heterocycles. The Labute approximate surface area is 119 Å². The third-order valence-electron chi connectivity index (χ3n) is 3.33. The Morgan fingerprint density at radius 3 is 2.78 bits per heavy atom. The largest absolute Gasteiger partial charge is 0.324 e. The molecule has 0 spiro atoms. The second kappa shape index (κ2) is 5.11. The molecule has 2 N–H and O–H groups in total. The number of fused-ring (bicyclic) bond motifs is 1. The second-order valence-corrected chi connectivity index (χ2v) is 6.78. The first kappa shape index (κ1) is 12.3. The van der Waals surface area contributed by atoms with Crippen molar-refractivity contribution in [3.05, 3.63) is 49.9 Å². The van der Waals surface area contributed by atoms with Crippen molar-refractivity contribution in [2.24, 2.45) is 5.73 Å². The van der Waals surface area contributed by atoms with Gasteiger partial charge < -0.3 is 5.73 Å². The molecule has 1 aliphatic carbocycles. The van der Waals surface area contributed by atoms with Gasteiger partial charge in [0.2, 0.25) is 0 Å². The first-order valence-corrected chi connectivity index (χ1v) is 7.82. The summed E-state index contributed by atoms with van der Waals surface area (Å²) in [4.78, 5) is 6.18. The molecular formula is C14H15BrN2S. The van der Waals surface area contributed by atoms with E-state index in [0.29, 0.717) is 0 Å². The van der Waals surface area contributed by atoms with Gasteiger partial charge in [-0.05, 0) is 37.0 Å². The molecule has 1 heterocycles. The normalized spacial score (nSPS) is 15.7. The lowest BCUT2D eigenvalue weighted by Crippen LogP contribution is -2.13. The summed E-state index contributed by atoms with van der Waals surface area (Å²) in [6.07, 6.45) is 4.48. The van der Waals surface area contributed by atoms with E-state index < -0.39 is 0 Å². The first-order chi connectivity index (χ1) is 8.72. The fourth-order valence-corrected chi connectivity index (χ4v) is 3.83. The Morgan fingerprint density at radius 1 is 1.28 bits per heavy atom. The van der Waals surface area contributed by atoms with Gasteiger partial charge in [-0.3, -0.25) is 0 Å². The highest BCUT2D eigenvalue weighted by Gasteiger charge is 2.18. The van der Waals surface area contributed by atoms with E-state index in [0.717, 1.165) is 17.3 Å². The van der Waals surface area contributed by atoms with E-state index in [1.165, 1.54) is 34.0 Å². The van der Waals surface area contributed by atoms with Crippen molar-refractivity contribution in [1.82, 2.24) is 4.98 Å². The molecule has 0 aliphatic heterocycles. The molecule has 2 aromatic rings. The average molecular weight is 323 g/mol. The van der Waals surface area contributed by atoms with Crippen LogP contribution >= 0.6 is 27.3 Å². The van der Waals surface area contributed by atoms with Crippen LogP contribution in [-0.2, 0) is 19.3 Å². The molecule has 94 valence electrons. The maximum atomic E-state index is 6.25. The van der Waals surface area contributed by atoms with Gasteiger partial charge in [0.15, 0.2) is 0 Å². The molecule has 1 unspecified atom stereocenters. The predicted molar refractivity (Wildman–Crippen MR) is 78.9 cm³/mol. The van der Waals surface area contributed by atoms with Crippen molar-refractivity contribution in [1.29, 1.82) is 0 Å². The fraction of sp³-hybridized carbons (Fsp3) is 0.357. The SMILES string of the molecule is NC(Cc1nc2c(s1)CCC2)c1ccc(Br)cc1. The minimum Gasteiger partial charge on any atom is -0.324 e. The van der Waals surface area contributed by atoms with E-state index in [1.807, 2.05) is 23.5 Å². The molecule has 3 rings (SSSR count). The van der Waals surface area contributed by atoms with Gasteiger partial charge in [-0.15, -0.1) is 11.3 Å². The lowest BCUT2D eigenvalue weighted by molar-refractivity contribution is 0.714. The summed E-state index contributed by atoms with van der Waals surface area (Å²) in [5, 5.41) is 1.19. The topological polar surface area (TPSA) is 38.9 Å². The van der Waals surface area contributed by atoms with Crippen LogP contribution in [0.2, 0.25) is 0 Å². The smallest absolute Gasteiger partial charge is 0.0950 e. The fourth-order valence-electron chi connectivity index (χ4n) is 2.35. The number of nitrogens with zero attached hydrogens (tertiary/aromatic N) is 1. The Morgan fingerprint density at radius 2 is 2.06 bits per heavy atom. The number of hydrogen-bond acceptors (Lipinski definition) is 3. The van der Waals surface area contributed by atoms with Gasteiger partial charge in [-0.25, -0.2) is 4.98 Å². The molecule has 0 saturated heterocycles. The van der Waals surface area contributed by atoms with Crippen LogP contribution in [0.1, 0.15) is 33.6 Å². The number of halogens is 1. The van der Waals surface area contributed by atoms with Gasteiger partial charge >= 0.3 is 0 Å². The Kier molecular flexibility index (Phi) is 3.50. The van der Waals surface area contributed by atoms with E-state index in [1.54, 1.807) is 0 Å². The van der Waals surface area contributed by atoms with Crippen LogP contribution in [0.25, 0.3) is 0 Å². The van der Waals surface area contributed by atoms with Gasteiger partial charge in [0.1, 0.15) is 0 Å². The third kappa shape index (κ3) is 2.51. The number of hydrogen-bond donors (Lipinski definition) is 1. The van der Waals surface area contributed by atoms with Crippen LogP contribution in [0.5, 0.6) is 0 Å². The van der Waals surface area contributed by atoms with Crippen molar-refractivity contribution in [3.63, 3.8) is 0 Å². The van der Waals surface area contributed by atoms with Gasteiger partial charge in [-0.2, -0.15) is 0 Å². The van der Waals surface area contributed by atoms with Crippen LogP contribution in [0.15, 0.2) is 28.7 Å². The van der Waals surface area contributed by atoms with Crippen molar-refractivity contribution in [2.45, 2.75) is 31.7 Å². The number of aromatic nitrogens is 1. The minimum absolute atomic E-state index is 0.0457. The third-order valence-corrected chi connectivity index (χ3v) is 5.04. The minimum atomic E-state index is 0.0457. The zero-order valence-electron chi connectivity index (χ0n) is 10.0. The highest BCUT2D eigenvalue weighted by Crippen LogP contribution is 2.29. The van der Waals surface area contributed by atoms with Crippen LogP contribution < -0.4 is 5.73 Å². The molecule has 0 fully saturated rings. The zero-order valence-corrected chi connectivity index (χ0v) is 12.4. The van der Waals surface area contributed by atoms with Gasteiger partial charge in [0.25, 0.3) is 0 Å². The summed E-state index contributed by atoms with van der Waals surface area (Å²) in [5.41, 5.74) is 8.74. The van der Waals surface area contributed by atoms with E-state index >= 15 is 0 Å². The molecular weight excluding hydrogens is 308 g/mol. The lowest BCUT2D eigenvalue weighted by atomic mass is 10.1. The summed E-state index contributed by atoms with van der Waals surface area (Å²) >= 11 is 5.29. The van der Waals surface area contributed by atoms with Crippen molar-refractivity contribution in [3.8, 4) is 0 Å². The first-order valence-electron chi connectivity index (χ1n) is 6.21. The zero-order chi connectivity index (χ0) is 12.5. The summed E-state index contributed by atoms with van der Waals surface area (Å²) in [5.74, 6) is 0. The van der Waals surface area contributed by atoms with Crippen molar-refractivity contribution in [2.75, 3.05) is 0 Å². The second-order valence-electron chi connectivity index (χ2n) is 4.69. The predicted octanol–water partition coefficient (Wildman–Crippen LogP) is 3.64. The summed E-state index contributed by atoms with van der Waals surface area (Å²) in [6.45, 7) is 0. The number of nitrogens with two attached hydrogens (primary N) is 1. The van der Waals surface area contributed by atoms with Gasteiger partial charge in [0, 0.05) is 21.8 Å². The molecule has 0 saturated carbocycles. The molecule has 4 heteroatoms. The number of aryl methyl sites for hydroxylation is 2. The number of rotatable bonds is 3. The highest BCUT2D eigenvalue weighted by molar-refractivity contribution is 9.10. The van der Waals surface area contributed by atoms with Gasteiger partial charge in [0.05, 0.1) is 10.7 Å². The van der Waals surface area contributed by atoms with Crippen molar-refractivity contribution < 1.29 is 0 Å². The van der Waals surface area contributed by atoms with E-state index in [2.05, 4.69) is 28.1 Å². The summed E-state index contributed by atoms with van der Waals surface area (Å²) in [7, 11) is 0. The standard InChI is InChI=1S/C14H15BrN2S/c15-10-6-4-9(5-7-10)11(16)8-14-17-12-2-1-3-13(12)18-14/h4-7,11H,1-3,8,16H2. The van der Waals surface area contributed by atoms with Crippen LogP contribution in [0.3, 0.4) is 0 Å². The lowest BCUT2D eigenvalue weighted by Gasteiger charge is -2.10.